The first-order valence-corrected chi connectivity index (χ1v) is 10.4. The van der Waals surface area contributed by atoms with Crippen molar-refractivity contribution in [1.29, 1.82) is 0 Å². The van der Waals surface area contributed by atoms with Crippen LogP contribution < -0.4 is 10.2 Å². The zero-order valence-electron chi connectivity index (χ0n) is 17.1. The molecule has 5 rings (SSSR count). The number of halogens is 1. The van der Waals surface area contributed by atoms with Crippen LogP contribution in [0.1, 0.15) is 13.3 Å². The van der Waals surface area contributed by atoms with Gasteiger partial charge in [-0.3, -0.25) is 9.59 Å². The minimum Gasteiger partial charge on any atom is -0.341 e. The Morgan fingerprint density at radius 3 is 2.55 bits per heavy atom. The van der Waals surface area contributed by atoms with Crippen molar-refractivity contribution in [3.8, 4) is 0 Å². The minimum absolute atomic E-state index is 0.131. The lowest BCUT2D eigenvalue weighted by atomic mass is 10.1. The summed E-state index contributed by atoms with van der Waals surface area (Å²) in [6.07, 6.45) is 0.139. The number of anilines is 2. The third-order valence-electron chi connectivity index (χ3n) is 5.99. The van der Waals surface area contributed by atoms with Gasteiger partial charge in [0.2, 0.25) is 11.8 Å². The molecule has 1 unspecified atom stereocenters. The Morgan fingerprint density at radius 1 is 1.03 bits per heavy atom. The molecule has 1 aliphatic heterocycles. The third-order valence-corrected chi connectivity index (χ3v) is 5.99. The molecule has 3 aromatic carbocycles. The lowest BCUT2D eigenvalue weighted by molar-refractivity contribution is -0.122. The smallest absolute Gasteiger partial charge is 0.229 e. The molecule has 1 atom stereocenters. The van der Waals surface area contributed by atoms with Gasteiger partial charge in [0, 0.05) is 52.7 Å². The van der Waals surface area contributed by atoms with Crippen LogP contribution in [0.25, 0.3) is 21.8 Å². The molecule has 1 fully saturated rings. The Hall–Kier alpha value is -3.67. The van der Waals surface area contributed by atoms with Crippen LogP contribution in [0.15, 0.2) is 66.7 Å². The summed E-state index contributed by atoms with van der Waals surface area (Å²) in [5, 5.41) is 5.22. The van der Waals surface area contributed by atoms with E-state index in [0.717, 1.165) is 22.8 Å². The van der Waals surface area contributed by atoms with E-state index in [4.69, 9.17) is 0 Å². The summed E-state index contributed by atoms with van der Waals surface area (Å²) in [6.45, 7) is 3.26. The predicted octanol–water partition coefficient (Wildman–Crippen LogP) is 4.95. The molecule has 31 heavy (non-hydrogen) atoms. The maximum absolute atomic E-state index is 13.2. The van der Waals surface area contributed by atoms with Gasteiger partial charge in [-0.15, -0.1) is 0 Å². The van der Waals surface area contributed by atoms with E-state index in [2.05, 4.69) is 28.9 Å². The highest BCUT2D eigenvalue weighted by molar-refractivity contribution is 6.10. The molecule has 2 amide bonds. The molecule has 0 radical (unpaired) electrons. The van der Waals surface area contributed by atoms with E-state index in [9.17, 15) is 14.0 Å². The van der Waals surface area contributed by atoms with Crippen molar-refractivity contribution in [2.24, 2.45) is 5.92 Å². The van der Waals surface area contributed by atoms with Crippen molar-refractivity contribution in [3.63, 3.8) is 0 Å². The van der Waals surface area contributed by atoms with E-state index < -0.39 is 5.92 Å². The monoisotopic (exact) mass is 415 g/mol. The Balaban J connectivity index is 1.38. The zero-order chi connectivity index (χ0) is 21.5. The van der Waals surface area contributed by atoms with Crippen LogP contribution in [-0.2, 0) is 16.1 Å². The first kappa shape index (κ1) is 19.3. The molecule has 0 spiro atoms. The first-order chi connectivity index (χ1) is 15.0. The van der Waals surface area contributed by atoms with Crippen molar-refractivity contribution in [3.05, 3.63) is 72.5 Å². The molecule has 4 aromatic rings. The average molecular weight is 415 g/mol. The fourth-order valence-corrected chi connectivity index (χ4v) is 4.47. The van der Waals surface area contributed by atoms with Crippen LogP contribution in [-0.4, -0.2) is 22.9 Å². The summed E-state index contributed by atoms with van der Waals surface area (Å²) in [5.41, 5.74) is 3.61. The first-order valence-electron chi connectivity index (χ1n) is 10.4. The number of hydrogen-bond donors (Lipinski definition) is 1. The molecule has 2 heterocycles. The molecule has 0 aliphatic carbocycles. The van der Waals surface area contributed by atoms with Crippen molar-refractivity contribution >= 4 is 45.0 Å². The molecular weight excluding hydrogens is 393 g/mol. The highest BCUT2D eigenvalue weighted by Gasteiger charge is 2.35. The number of carbonyl (C=O) groups excluding carboxylic acids is 2. The van der Waals surface area contributed by atoms with Gasteiger partial charge in [-0.1, -0.05) is 18.2 Å². The van der Waals surface area contributed by atoms with Crippen LogP contribution in [0, 0.1) is 11.7 Å². The van der Waals surface area contributed by atoms with E-state index in [-0.39, 0.29) is 30.6 Å². The second kappa shape index (κ2) is 7.54. The van der Waals surface area contributed by atoms with Gasteiger partial charge in [0.1, 0.15) is 5.82 Å². The summed E-state index contributed by atoms with van der Waals surface area (Å²) in [7, 11) is 0. The number of aromatic nitrogens is 1. The van der Waals surface area contributed by atoms with Crippen molar-refractivity contribution in [1.82, 2.24) is 4.57 Å². The largest absolute Gasteiger partial charge is 0.341 e. The summed E-state index contributed by atoms with van der Waals surface area (Å²) < 4.78 is 15.4. The summed E-state index contributed by atoms with van der Waals surface area (Å²) in [6, 6.07) is 19.9. The number of aryl methyl sites for hydroxylation is 1. The SMILES string of the molecule is CCn1c2ccccc2c2cc(NC(=O)C3CC(=O)N(c4ccc(F)cc4)C3)ccc21. The quantitative estimate of drug-likeness (QED) is 0.513. The van der Waals surface area contributed by atoms with E-state index in [0.29, 0.717) is 11.4 Å². The number of fused-ring (bicyclic) bond motifs is 3. The lowest BCUT2D eigenvalue weighted by Gasteiger charge is -2.16. The highest BCUT2D eigenvalue weighted by atomic mass is 19.1. The van der Waals surface area contributed by atoms with Gasteiger partial charge in [0.05, 0.1) is 5.92 Å². The number of rotatable bonds is 4. The second-order valence-corrected chi connectivity index (χ2v) is 7.86. The molecule has 156 valence electrons. The third kappa shape index (κ3) is 3.34. The van der Waals surface area contributed by atoms with Crippen molar-refractivity contribution in [2.75, 3.05) is 16.8 Å². The van der Waals surface area contributed by atoms with Crippen LogP contribution in [0.4, 0.5) is 15.8 Å². The van der Waals surface area contributed by atoms with E-state index >= 15 is 0 Å². The van der Waals surface area contributed by atoms with Gasteiger partial charge in [-0.05, 0) is 55.5 Å². The normalized spacial score (nSPS) is 16.4. The lowest BCUT2D eigenvalue weighted by Crippen LogP contribution is -2.28. The second-order valence-electron chi connectivity index (χ2n) is 7.86. The standard InChI is InChI=1S/C25H22FN3O2/c1-2-28-22-6-4-3-5-20(22)21-14-18(9-12-23(21)28)27-25(31)16-13-24(30)29(15-16)19-10-7-17(26)8-11-19/h3-12,14,16H,2,13,15H2,1H3,(H,27,31). The number of hydrogen-bond acceptors (Lipinski definition) is 2. The minimum atomic E-state index is -0.453. The van der Waals surface area contributed by atoms with Crippen LogP contribution >= 0.6 is 0 Å². The molecule has 1 aliphatic rings. The molecule has 0 bridgehead atoms. The summed E-state index contributed by atoms with van der Waals surface area (Å²) in [4.78, 5) is 26.9. The topological polar surface area (TPSA) is 54.3 Å². The number of nitrogens with zero attached hydrogens (tertiary/aromatic N) is 2. The molecule has 5 nitrogen and oxygen atoms in total. The van der Waals surface area contributed by atoms with Crippen LogP contribution in [0.2, 0.25) is 0 Å². The van der Waals surface area contributed by atoms with Gasteiger partial charge in [0.15, 0.2) is 0 Å². The van der Waals surface area contributed by atoms with Gasteiger partial charge in [0.25, 0.3) is 0 Å². The maximum Gasteiger partial charge on any atom is 0.229 e. The van der Waals surface area contributed by atoms with Crippen molar-refractivity contribution in [2.45, 2.75) is 19.9 Å². The Labute approximate surface area is 179 Å². The van der Waals surface area contributed by atoms with Gasteiger partial charge in [-0.2, -0.15) is 0 Å². The maximum atomic E-state index is 13.2. The molecule has 6 heteroatoms. The number of nitrogens with one attached hydrogen (secondary N) is 1. The number of benzene rings is 3. The Kier molecular flexibility index (Phi) is 4.70. The van der Waals surface area contributed by atoms with E-state index in [1.807, 2.05) is 30.3 Å². The number of para-hydroxylation sites is 1. The fraction of sp³-hybridized carbons (Fsp3) is 0.200. The van der Waals surface area contributed by atoms with Crippen LogP contribution in [0.3, 0.4) is 0 Å². The Bertz CT molecular complexity index is 1310. The number of amides is 2. The van der Waals surface area contributed by atoms with E-state index in [1.165, 1.54) is 17.6 Å². The highest BCUT2D eigenvalue weighted by Crippen LogP contribution is 2.32. The summed E-state index contributed by atoms with van der Waals surface area (Å²) >= 11 is 0. The average Bonchev–Trinajstić information content (AvgIpc) is 3.32. The molecule has 1 saturated heterocycles. The van der Waals surface area contributed by atoms with Gasteiger partial charge >= 0.3 is 0 Å². The zero-order valence-corrected chi connectivity index (χ0v) is 17.1. The Morgan fingerprint density at radius 2 is 1.77 bits per heavy atom. The molecule has 0 saturated carbocycles. The van der Waals surface area contributed by atoms with E-state index in [1.54, 1.807) is 17.0 Å². The van der Waals surface area contributed by atoms with Crippen molar-refractivity contribution < 1.29 is 14.0 Å². The number of carbonyl (C=O) groups is 2. The van der Waals surface area contributed by atoms with Gasteiger partial charge in [-0.25, -0.2) is 4.39 Å². The molecule has 1 N–H and O–H groups in total. The summed E-state index contributed by atoms with van der Waals surface area (Å²) in [5.74, 6) is -1.13. The fourth-order valence-electron chi connectivity index (χ4n) is 4.47. The van der Waals surface area contributed by atoms with Gasteiger partial charge < -0.3 is 14.8 Å². The van der Waals surface area contributed by atoms with Crippen LogP contribution in [0.5, 0.6) is 0 Å². The molecular formula is C25H22FN3O2. The molecule has 1 aromatic heterocycles. The predicted molar refractivity (Wildman–Crippen MR) is 121 cm³/mol.